The summed E-state index contributed by atoms with van der Waals surface area (Å²) >= 11 is 13.2. The van der Waals surface area contributed by atoms with Crippen LogP contribution in [-0.4, -0.2) is 9.55 Å². The number of pyridine rings is 2. The van der Waals surface area contributed by atoms with Gasteiger partial charge in [-0.25, -0.2) is 8.78 Å². The lowest BCUT2D eigenvalue weighted by Crippen LogP contribution is -2.28. The molecule has 4 nitrogen and oxygen atoms in total. The number of benzene rings is 4. The van der Waals surface area contributed by atoms with Crippen molar-refractivity contribution in [2.75, 3.05) is 0 Å². The van der Waals surface area contributed by atoms with Crippen molar-refractivity contribution >= 4 is 65.0 Å². The van der Waals surface area contributed by atoms with Gasteiger partial charge >= 0.3 is 0 Å². The molecular weight excluding hydrogens is 822 g/mol. The highest BCUT2D eigenvalue weighted by atomic mass is 79.9. The number of alkyl halides is 1. The number of nitrogens with zero attached hydrogens (tertiary/aromatic N) is 1. The first-order valence-electron chi connectivity index (χ1n) is 18.5. The molecule has 4 aromatic carbocycles. The maximum absolute atomic E-state index is 14.8. The van der Waals surface area contributed by atoms with Gasteiger partial charge in [0.2, 0.25) is 0 Å². The number of aryl methyl sites for hydroxylation is 2. The number of H-pyrrole nitrogens is 1. The third kappa shape index (κ3) is 7.83. The van der Waals surface area contributed by atoms with Crippen LogP contribution >= 0.6 is 43.5 Å². The average molecular weight is 861 g/mol. The highest BCUT2D eigenvalue weighted by Crippen LogP contribution is 2.42. The summed E-state index contributed by atoms with van der Waals surface area (Å²) in [4.78, 5) is 27.0. The zero-order valence-corrected chi connectivity index (χ0v) is 33.0. The molecule has 9 heteroatoms. The van der Waals surface area contributed by atoms with E-state index in [-0.39, 0.29) is 39.1 Å². The number of fused-ring (bicyclic) bond motifs is 4. The molecule has 2 heterocycles. The summed E-state index contributed by atoms with van der Waals surface area (Å²) in [5, 5.41) is 2.05. The largest absolute Gasteiger partial charge is 0.328 e. The van der Waals surface area contributed by atoms with Crippen molar-refractivity contribution in [3.05, 3.63) is 160 Å². The van der Waals surface area contributed by atoms with Crippen molar-refractivity contribution in [3.63, 3.8) is 0 Å². The van der Waals surface area contributed by atoms with E-state index in [1.54, 1.807) is 22.9 Å². The molecule has 0 amide bonds. The summed E-state index contributed by atoms with van der Waals surface area (Å²) in [6.45, 7) is 0. The van der Waals surface area contributed by atoms with Crippen LogP contribution in [0.1, 0.15) is 108 Å². The summed E-state index contributed by atoms with van der Waals surface area (Å²) in [5.41, 5.74) is 6.66. The fraction of sp³-hybridized carbons (Fsp3) is 0.318. The van der Waals surface area contributed by atoms with E-state index in [9.17, 15) is 18.4 Å². The molecule has 10 rings (SSSR count). The van der Waals surface area contributed by atoms with Gasteiger partial charge in [-0.05, 0) is 169 Å². The predicted molar refractivity (Wildman–Crippen MR) is 218 cm³/mol. The van der Waals surface area contributed by atoms with Crippen LogP contribution in [0, 0.1) is 11.6 Å². The minimum Gasteiger partial charge on any atom is -0.328 e. The summed E-state index contributed by atoms with van der Waals surface area (Å²) in [6, 6.07) is 23.2. The van der Waals surface area contributed by atoms with E-state index < -0.39 is 5.82 Å². The van der Waals surface area contributed by atoms with Crippen LogP contribution in [0.5, 0.6) is 0 Å². The van der Waals surface area contributed by atoms with Gasteiger partial charge in [-0.1, -0.05) is 56.1 Å². The van der Waals surface area contributed by atoms with Crippen LogP contribution in [0.15, 0.2) is 104 Å². The Morgan fingerprint density at radius 1 is 0.660 bits per heavy atom. The fourth-order valence-electron chi connectivity index (χ4n) is 7.98. The quantitative estimate of drug-likeness (QED) is 0.180. The van der Waals surface area contributed by atoms with Crippen LogP contribution in [-0.2, 0) is 12.8 Å². The Labute approximate surface area is 328 Å². The van der Waals surface area contributed by atoms with Gasteiger partial charge in [-0.15, -0.1) is 11.6 Å². The van der Waals surface area contributed by atoms with E-state index in [1.807, 2.05) is 30.5 Å². The van der Waals surface area contributed by atoms with Gasteiger partial charge in [0, 0.05) is 21.3 Å². The predicted octanol–water partition coefficient (Wildman–Crippen LogP) is 12.3. The minimum absolute atomic E-state index is 0.0220. The molecule has 2 atom stereocenters. The standard InChI is InChI=1S/C22H19BrFNO.C12H10FNO.C10H10BrCl/c23-17-6-7-18-14(11-17)2-1-3-20(18)25-9-8-15-10-16(13-4-5-13)12-19(24)21(15)22(25)26;13-10-6-9(7-1-2-7)5-8-3-4-14-12(15)11(8)10;11-8-4-5-9-7(6-8)2-1-3-10(9)12/h6-13,20H,1-5H2;3-7H,1-2H2,(H,14,15);4-6,10H,1-3H2. The molecule has 272 valence electrons. The normalized spacial score (nSPS) is 19.0. The van der Waals surface area contributed by atoms with Gasteiger partial charge < -0.3 is 9.55 Å². The van der Waals surface area contributed by atoms with Crippen LogP contribution < -0.4 is 11.1 Å². The first kappa shape index (κ1) is 36.4. The van der Waals surface area contributed by atoms with Crippen LogP contribution in [0.4, 0.5) is 8.78 Å². The van der Waals surface area contributed by atoms with Crippen molar-refractivity contribution in [1.29, 1.82) is 0 Å². The van der Waals surface area contributed by atoms with Gasteiger partial charge in [0.15, 0.2) is 0 Å². The van der Waals surface area contributed by atoms with Gasteiger partial charge in [-0.3, -0.25) is 9.59 Å². The Bertz CT molecular complexity index is 2470. The van der Waals surface area contributed by atoms with Crippen LogP contribution in [0.3, 0.4) is 0 Å². The number of rotatable bonds is 3. The number of hydrogen-bond donors (Lipinski definition) is 1. The van der Waals surface area contributed by atoms with Crippen molar-refractivity contribution < 1.29 is 8.78 Å². The number of hydrogen-bond acceptors (Lipinski definition) is 2. The zero-order valence-electron chi connectivity index (χ0n) is 29.1. The maximum Gasteiger partial charge on any atom is 0.261 e. The number of aromatic amines is 1. The van der Waals surface area contributed by atoms with E-state index in [0.29, 0.717) is 17.2 Å². The lowest BCUT2D eigenvalue weighted by molar-refractivity contribution is 0.479. The smallest absolute Gasteiger partial charge is 0.261 e. The molecular formula is C44H39Br2ClF2N2O2. The second kappa shape index (κ2) is 15.3. The molecule has 6 aromatic rings. The molecule has 0 bridgehead atoms. The average Bonchev–Trinajstić information content (AvgIpc) is 4.06. The monoisotopic (exact) mass is 858 g/mol. The molecule has 0 saturated heterocycles. The van der Waals surface area contributed by atoms with E-state index in [0.717, 1.165) is 76.8 Å². The van der Waals surface area contributed by atoms with Crippen molar-refractivity contribution in [1.82, 2.24) is 9.55 Å². The Kier molecular flexibility index (Phi) is 10.5. The maximum atomic E-state index is 14.8. The first-order valence-corrected chi connectivity index (χ1v) is 20.5. The summed E-state index contributed by atoms with van der Waals surface area (Å²) in [7, 11) is 0. The molecule has 4 aliphatic carbocycles. The van der Waals surface area contributed by atoms with Crippen LogP contribution in [0.25, 0.3) is 21.5 Å². The first-order chi connectivity index (χ1) is 25.6. The number of halogens is 5. The third-order valence-electron chi connectivity index (χ3n) is 11.0. The minimum atomic E-state index is -0.406. The number of nitrogens with one attached hydrogen (secondary N) is 1. The Morgan fingerprint density at radius 3 is 1.87 bits per heavy atom. The molecule has 0 radical (unpaired) electrons. The highest BCUT2D eigenvalue weighted by Gasteiger charge is 2.27. The van der Waals surface area contributed by atoms with Crippen molar-refractivity contribution in [2.24, 2.45) is 0 Å². The lowest BCUT2D eigenvalue weighted by atomic mass is 9.87. The Hall–Kier alpha value is -3.59. The van der Waals surface area contributed by atoms with Gasteiger partial charge in [-0.2, -0.15) is 0 Å². The van der Waals surface area contributed by atoms with Gasteiger partial charge in [0.1, 0.15) is 11.6 Å². The molecule has 2 fully saturated rings. The van der Waals surface area contributed by atoms with Gasteiger partial charge in [0.25, 0.3) is 11.1 Å². The highest BCUT2D eigenvalue weighted by molar-refractivity contribution is 9.10. The summed E-state index contributed by atoms with van der Waals surface area (Å²) < 4.78 is 32.4. The third-order valence-corrected chi connectivity index (χ3v) is 12.5. The molecule has 2 unspecified atom stereocenters. The Morgan fingerprint density at radius 2 is 1.23 bits per heavy atom. The molecule has 2 aromatic heterocycles. The SMILES string of the molecule is ClC1CCCc2cc(Br)ccc21.O=c1[nH]ccc2cc(C3CC3)cc(F)c12.O=c1c2c(F)cc(C3CC3)cc2ccn1C1CCCc2cc(Br)ccc21. The molecule has 1 N–H and O–H groups in total. The van der Waals surface area contributed by atoms with Crippen LogP contribution in [0.2, 0.25) is 0 Å². The zero-order chi connectivity index (χ0) is 36.8. The summed E-state index contributed by atoms with van der Waals surface area (Å²) in [5.74, 6) is 0.190. The van der Waals surface area contributed by atoms with E-state index in [2.05, 4.69) is 67.2 Å². The van der Waals surface area contributed by atoms with Crippen molar-refractivity contribution in [3.8, 4) is 0 Å². The van der Waals surface area contributed by atoms with Crippen molar-refractivity contribution in [2.45, 2.75) is 87.5 Å². The molecule has 0 spiro atoms. The Balaban J connectivity index is 0.000000125. The fourth-order valence-corrected chi connectivity index (χ4v) is 9.17. The molecule has 2 saturated carbocycles. The summed E-state index contributed by atoms with van der Waals surface area (Å²) in [6.07, 6.45) is 14.4. The topological polar surface area (TPSA) is 54.9 Å². The van der Waals surface area contributed by atoms with E-state index >= 15 is 0 Å². The molecule has 53 heavy (non-hydrogen) atoms. The number of aromatic nitrogens is 2. The molecule has 4 aliphatic rings. The second-order valence-corrected chi connectivity index (χ2v) is 17.1. The second-order valence-electron chi connectivity index (χ2n) is 14.8. The lowest BCUT2D eigenvalue weighted by Gasteiger charge is -2.27. The van der Waals surface area contributed by atoms with E-state index in [1.165, 1.54) is 41.2 Å². The van der Waals surface area contributed by atoms with Gasteiger partial charge in [0.05, 0.1) is 22.2 Å². The molecule has 0 aliphatic heterocycles. The van der Waals surface area contributed by atoms with E-state index in [4.69, 9.17) is 11.6 Å².